The summed E-state index contributed by atoms with van der Waals surface area (Å²) >= 11 is 0. The van der Waals surface area contributed by atoms with Crippen LogP contribution in [0, 0.1) is 12.7 Å². The number of phenols is 1. The molecule has 0 amide bonds. The van der Waals surface area contributed by atoms with Crippen LogP contribution in [0.5, 0.6) is 5.75 Å². The summed E-state index contributed by atoms with van der Waals surface area (Å²) in [6, 6.07) is 12.9. The quantitative estimate of drug-likeness (QED) is 0.843. The summed E-state index contributed by atoms with van der Waals surface area (Å²) in [5, 5.41) is 12.7. The molecule has 1 atom stereocenters. The Kier molecular flexibility index (Phi) is 5.34. The molecule has 0 saturated heterocycles. The summed E-state index contributed by atoms with van der Waals surface area (Å²) in [5.74, 6) is 0.149. The van der Waals surface area contributed by atoms with Gasteiger partial charge in [-0.2, -0.15) is 0 Å². The second-order valence-corrected chi connectivity index (χ2v) is 5.57. The lowest BCUT2D eigenvalue weighted by Crippen LogP contribution is -2.26. The minimum Gasteiger partial charge on any atom is -0.508 e. The zero-order valence-electron chi connectivity index (χ0n) is 12.6. The van der Waals surface area contributed by atoms with Gasteiger partial charge < -0.3 is 10.4 Å². The van der Waals surface area contributed by atoms with Crippen molar-refractivity contribution in [3.8, 4) is 5.75 Å². The highest BCUT2D eigenvalue weighted by Crippen LogP contribution is 2.13. The first-order valence-electron chi connectivity index (χ1n) is 7.31. The molecular formula is C18H22FNO. The summed E-state index contributed by atoms with van der Waals surface area (Å²) < 4.78 is 13.2. The third-order valence-electron chi connectivity index (χ3n) is 3.68. The van der Waals surface area contributed by atoms with Gasteiger partial charge in [0.05, 0.1) is 0 Å². The number of aromatic hydroxyl groups is 1. The lowest BCUT2D eigenvalue weighted by molar-refractivity contribution is 0.474. The number of rotatable bonds is 6. The Balaban J connectivity index is 1.77. The molecule has 0 aliphatic carbocycles. The average Bonchev–Trinajstić information content (AvgIpc) is 2.48. The van der Waals surface area contributed by atoms with Gasteiger partial charge in [0, 0.05) is 12.6 Å². The Morgan fingerprint density at radius 3 is 2.43 bits per heavy atom. The smallest absolute Gasteiger partial charge is 0.126 e. The highest BCUT2D eigenvalue weighted by molar-refractivity contribution is 5.26. The van der Waals surface area contributed by atoms with Crippen molar-refractivity contribution in [2.75, 3.05) is 0 Å². The summed E-state index contributed by atoms with van der Waals surface area (Å²) in [6.07, 6.45) is 1.99. The standard InChI is InChI=1S/C18H22FNO/c1-13-11-16(7-10-18(13)19)12-20-14(2)3-4-15-5-8-17(21)9-6-15/h5-11,14,20-21H,3-4,12H2,1-2H3. The second-order valence-electron chi connectivity index (χ2n) is 5.57. The minimum absolute atomic E-state index is 0.154. The number of nitrogens with one attached hydrogen (secondary N) is 1. The zero-order valence-corrected chi connectivity index (χ0v) is 12.6. The minimum atomic E-state index is -0.154. The Morgan fingerprint density at radius 2 is 1.76 bits per heavy atom. The first-order chi connectivity index (χ1) is 10.0. The third-order valence-corrected chi connectivity index (χ3v) is 3.68. The van der Waals surface area contributed by atoms with Gasteiger partial charge in [-0.25, -0.2) is 4.39 Å². The molecule has 21 heavy (non-hydrogen) atoms. The van der Waals surface area contributed by atoms with Gasteiger partial charge in [0.2, 0.25) is 0 Å². The number of phenolic OH excluding ortho intramolecular Hbond substituents is 1. The van der Waals surface area contributed by atoms with Crippen molar-refractivity contribution in [3.05, 3.63) is 65.0 Å². The van der Waals surface area contributed by atoms with Crippen LogP contribution in [0.25, 0.3) is 0 Å². The topological polar surface area (TPSA) is 32.3 Å². The molecule has 2 aromatic rings. The Morgan fingerprint density at radius 1 is 1.10 bits per heavy atom. The SMILES string of the molecule is Cc1cc(CNC(C)CCc2ccc(O)cc2)ccc1F. The van der Waals surface area contributed by atoms with Crippen LogP contribution < -0.4 is 5.32 Å². The maximum absolute atomic E-state index is 13.2. The molecule has 2 aromatic carbocycles. The fourth-order valence-electron chi connectivity index (χ4n) is 2.26. The Bertz CT molecular complexity index is 580. The summed E-state index contributed by atoms with van der Waals surface area (Å²) in [7, 11) is 0. The van der Waals surface area contributed by atoms with E-state index in [4.69, 9.17) is 0 Å². The van der Waals surface area contributed by atoms with E-state index in [0.717, 1.165) is 24.9 Å². The zero-order chi connectivity index (χ0) is 15.2. The van der Waals surface area contributed by atoms with Crippen LogP contribution in [0.1, 0.15) is 30.0 Å². The average molecular weight is 287 g/mol. The van der Waals surface area contributed by atoms with E-state index in [0.29, 0.717) is 17.4 Å². The van der Waals surface area contributed by atoms with E-state index in [2.05, 4.69) is 12.2 Å². The highest BCUT2D eigenvalue weighted by Gasteiger charge is 2.04. The third kappa shape index (κ3) is 4.87. The lowest BCUT2D eigenvalue weighted by Gasteiger charge is -2.14. The van der Waals surface area contributed by atoms with Gasteiger partial charge >= 0.3 is 0 Å². The van der Waals surface area contributed by atoms with Gasteiger partial charge in [0.1, 0.15) is 11.6 Å². The molecule has 0 aromatic heterocycles. The van der Waals surface area contributed by atoms with Crippen LogP contribution in [0.4, 0.5) is 4.39 Å². The molecule has 0 spiro atoms. The predicted molar refractivity (Wildman–Crippen MR) is 83.9 cm³/mol. The van der Waals surface area contributed by atoms with Crippen molar-refractivity contribution in [2.24, 2.45) is 0 Å². The molecule has 2 nitrogen and oxygen atoms in total. The van der Waals surface area contributed by atoms with Gasteiger partial charge in [-0.1, -0.05) is 24.3 Å². The van der Waals surface area contributed by atoms with Gasteiger partial charge in [-0.3, -0.25) is 0 Å². The molecule has 0 bridgehead atoms. The van der Waals surface area contributed by atoms with E-state index in [9.17, 15) is 9.50 Å². The van der Waals surface area contributed by atoms with Crippen molar-refractivity contribution in [1.29, 1.82) is 0 Å². The van der Waals surface area contributed by atoms with E-state index < -0.39 is 0 Å². The molecule has 0 aliphatic rings. The molecule has 3 heteroatoms. The van der Waals surface area contributed by atoms with Crippen LogP contribution >= 0.6 is 0 Å². The lowest BCUT2D eigenvalue weighted by atomic mass is 10.1. The molecule has 2 rings (SSSR count). The van der Waals surface area contributed by atoms with Crippen LogP contribution in [0.2, 0.25) is 0 Å². The maximum atomic E-state index is 13.2. The van der Waals surface area contributed by atoms with Crippen LogP contribution in [-0.4, -0.2) is 11.1 Å². The Labute approximate surface area is 125 Å². The van der Waals surface area contributed by atoms with Gasteiger partial charge in [-0.05, 0) is 61.6 Å². The fraction of sp³-hybridized carbons (Fsp3) is 0.333. The number of benzene rings is 2. The molecule has 0 saturated carbocycles. The van der Waals surface area contributed by atoms with E-state index in [-0.39, 0.29) is 5.82 Å². The summed E-state index contributed by atoms with van der Waals surface area (Å²) in [4.78, 5) is 0. The molecule has 1 unspecified atom stereocenters. The number of hydrogen-bond donors (Lipinski definition) is 2. The number of aryl methyl sites for hydroxylation is 2. The second kappa shape index (κ2) is 7.23. The summed E-state index contributed by atoms with van der Waals surface area (Å²) in [6.45, 7) is 4.68. The number of halogens is 1. The van der Waals surface area contributed by atoms with Crippen LogP contribution in [0.15, 0.2) is 42.5 Å². The van der Waals surface area contributed by atoms with Crippen molar-refractivity contribution < 1.29 is 9.50 Å². The van der Waals surface area contributed by atoms with E-state index in [1.807, 2.05) is 24.3 Å². The van der Waals surface area contributed by atoms with Gasteiger partial charge in [0.15, 0.2) is 0 Å². The highest BCUT2D eigenvalue weighted by atomic mass is 19.1. The summed E-state index contributed by atoms with van der Waals surface area (Å²) in [5.41, 5.74) is 3.01. The molecule has 0 fully saturated rings. The van der Waals surface area contributed by atoms with Crippen molar-refractivity contribution in [1.82, 2.24) is 5.32 Å². The molecule has 0 aliphatic heterocycles. The molecule has 0 heterocycles. The first kappa shape index (κ1) is 15.5. The first-order valence-corrected chi connectivity index (χ1v) is 7.31. The van der Waals surface area contributed by atoms with E-state index in [1.165, 1.54) is 11.6 Å². The van der Waals surface area contributed by atoms with Crippen molar-refractivity contribution in [3.63, 3.8) is 0 Å². The van der Waals surface area contributed by atoms with E-state index >= 15 is 0 Å². The van der Waals surface area contributed by atoms with Crippen molar-refractivity contribution >= 4 is 0 Å². The predicted octanol–water partition coefficient (Wildman–Crippen LogP) is 3.95. The molecule has 0 radical (unpaired) electrons. The van der Waals surface area contributed by atoms with E-state index in [1.54, 1.807) is 19.1 Å². The normalized spacial score (nSPS) is 12.3. The van der Waals surface area contributed by atoms with Crippen LogP contribution in [0.3, 0.4) is 0 Å². The largest absolute Gasteiger partial charge is 0.508 e. The maximum Gasteiger partial charge on any atom is 0.126 e. The van der Waals surface area contributed by atoms with Gasteiger partial charge in [0.25, 0.3) is 0 Å². The van der Waals surface area contributed by atoms with Gasteiger partial charge in [-0.15, -0.1) is 0 Å². The molecule has 112 valence electrons. The van der Waals surface area contributed by atoms with Crippen molar-refractivity contribution in [2.45, 2.75) is 39.3 Å². The van der Waals surface area contributed by atoms with Crippen LogP contribution in [-0.2, 0) is 13.0 Å². The fourth-order valence-corrected chi connectivity index (χ4v) is 2.26. The number of hydrogen-bond acceptors (Lipinski definition) is 2. The molecule has 2 N–H and O–H groups in total. The molecular weight excluding hydrogens is 265 g/mol. The Hall–Kier alpha value is -1.87. The monoisotopic (exact) mass is 287 g/mol.